The molecule has 0 spiro atoms. The molecule has 5 nitrogen and oxygen atoms in total. The quantitative estimate of drug-likeness (QED) is 0.659. The number of hydrogen-bond donors (Lipinski definition) is 1. The fraction of sp³-hybridized carbons (Fsp3) is 0.143. The van der Waals surface area contributed by atoms with E-state index < -0.39 is 29.1 Å². The third kappa shape index (κ3) is 3.17. The van der Waals surface area contributed by atoms with Crippen LogP contribution in [0.4, 0.5) is 13.2 Å². The van der Waals surface area contributed by atoms with Crippen molar-refractivity contribution in [2.45, 2.75) is 11.2 Å². The van der Waals surface area contributed by atoms with Crippen LogP contribution in [0.5, 0.6) is 0 Å². The van der Waals surface area contributed by atoms with Crippen LogP contribution in [0, 0.1) is 0 Å². The van der Waals surface area contributed by atoms with Crippen molar-refractivity contribution in [2.24, 2.45) is 0 Å². The molecule has 0 radical (unpaired) electrons. The molecular weight excluding hydrogens is 283 g/mol. The Kier molecular flexibility index (Phi) is 3.50. The number of alkyl halides is 3. The van der Waals surface area contributed by atoms with Gasteiger partial charge < -0.3 is 0 Å². The van der Waals surface area contributed by atoms with E-state index >= 15 is 0 Å². The maximum Gasteiger partial charge on any atom is 0.471 e. The monoisotopic (exact) mass is 289 g/mol. The second-order valence-electron chi connectivity index (χ2n) is 2.82. The number of halogens is 3. The van der Waals surface area contributed by atoms with Crippen molar-refractivity contribution in [3.63, 3.8) is 0 Å². The van der Waals surface area contributed by atoms with Gasteiger partial charge in [0.1, 0.15) is 0 Å². The standard InChI is InChI=1S/C7H6F3NO4S2/c8-7(9,10)11-17(14,15)16(12,13)6-4-2-1-3-5-6/h1-5,11H. The smallest absolute Gasteiger partial charge is 0.206 e. The maximum atomic E-state index is 11.8. The van der Waals surface area contributed by atoms with E-state index in [0.717, 1.165) is 12.1 Å². The molecule has 0 aliphatic carbocycles. The van der Waals surface area contributed by atoms with E-state index in [4.69, 9.17) is 0 Å². The van der Waals surface area contributed by atoms with Crippen LogP contribution in [0.25, 0.3) is 0 Å². The molecule has 0 amide bonds. The van der Waals surface area contributed by atoms with Gasteiger partial charge in [-0.3, -0.25) is 0 Å². The van der Waals surface area contributed by atoms with E-state index in [0.29, 0.717) is 0 Å². The van der Waals surface area contributed by atoms with Crippen LogP contribution in [-0.2, 0) is 17.9 Å². The molecule has 0 saturated carbocycles. The summed E-state index contributed by atoms with van der Waals surface area (Å²) in [5.74, 6) is 0. The predicted octanol–water partition coefficient (Wildman–Crippen LogP) is 0.815. The van der Waals surface area contributed by atoms with Gasteiger partial charge in [0.25, 0.3) is 8.87 Å². The number of benzene rings is 1. The summed E-state index contributed by atoms with van der Waals surface area (Å²) in [6.07, 6.45) is -5.35. The zero-order chi connectivity index (χ0) is 13.3. The first-order valence-electron chi connectivity index (χ1n) is 3.97. The van der Waals surface area contributed by atoms with E-state index in [-0.39, 0.29) is 4.72 Å². The second-order valence-corrected chi connectivity index (χ2v) is 7.95. The Hall–Kier alpha value is -1.13. The second kappa shape index (κ2) is 4.27. The van der Waals surface area contributed by atoms with Crippen LogP contribution >= 0.6 is 0 Å². The summed E-state index contributed by atoms with van der Waals surface area (Å²) in [6.45, 7) is 0. The van der Waals surface area contributed by atoms with Gasteiger partial charge in [0.2, 0.25) is 0 Å². The fourth-order valence-corrected chi connectivity index (χ4v) is 3.75. The van der Waals surface area contributed by atoms with Crippen molar-refractivity contribution in [3.05, 3.63) is 30.3 Å². The van der Waals surface area contributed by atoms with Crippen molar-refractivity contribution < 1.29 is 30.0 Å². The first-order chi connectivity index (χ1) is 7.56. The molecule has 17 heavy (non-hydrogen) atoms. The zero-order valence-electron chi connectivity index (χ0n) is 7.97. The lowest BCUT2D eigenvalue weighted by Gasteiger charge is -2.09. The average Bonchev–Trinajstić information content (AvgIpc) is 2.15. The molecule has 0 aliphatic rings. The van der Waals surface area contributed by atoms with Crippen molar-refractivity contribution in [1.82, 2.24) is 4.72 Å². The third-order valence-electron chi connectivity index (χ3n) is 1.56. The third-order valence-corrected chi connectivity index (χ3v) is 6.03. The molecule has 0 atom stereocenters. The lowest BCUT2D eigenvalue weighted by Crippen LogP contribution is -2.41. The first-order valence-corrected chi connectivity index (χ1v) is 7.45. The van der Waals surface area contributed by atoms with Crippen molar-refractivity contribution >= 4 is 17.9 Å². The molecule has 1 rings (SSSR count). The van der Waals surface area contributed by atoms with Gasteiger partial charge >= 0.3 is 15.4 Å². The highest BCUT2D eigenvalue weighted by atomic mass is 33.2. The molecule has 96 valence electrons. The Morgan fingerprint density at radius 1 is 0.941 bits per heavy atom. The molecular formula is C7H6F3NO4S2. The van der Waals surface area contributed by atoms with Gasteiger partial charge in [-0.2, -0.15) is 21.6 Å². The van der Waals surface area contributed by atoms with Crippen molar-refractivity contribution in [2.75, 3.05) is 0 Å². The number of hydrogen-bond acceptors (Lipinski definition) is 4. The highest BCUT2D eigenvalue weighted by Gasteiger charge is 2.42. The van der Waals surface area contributed by atoms with Gasteiger partial charge in [0.05, 0.1) is 4.90 Å². The summed E-state index contributed by atoms with van der Waals surface area (Å²) in [4.78, 5) is -0.739. The Bertz CT molecular complexity index is 592. The van der Waals surface area contributed by atoms with Gasteiger partial charge in [-0.15, -0.1) is 4.72 Å². The minimum Gasteiger partial charge on any atom is -0.206 e. The molecule has 1 aromatic rings. The van der Waals surface area contributed by atoms with Crippen LogP contribution in [0.15, 0.2) is 35.2 Å². The van der Waals surface area contributed by atoms with E-state index in [1.807, 2.05) is 0 Å². The summed E-state index contributed by atoms with van der Waals surface area (Å²) in [7, 11) is -10.7. The van der Waals surface area contributed by atoms with E-state index in [2.05, 4.69) is 0 Å². The molecule has 0 bridgehead atoms. The van der Waals surface area contributed by atoms with E-state index in [9.17, 15) is 30.0 Å². The highest BCUT2D eigenvalue weighted by Crippen LogP contribution is 2.20. The average molecular weight is 289 g/mol. The Morgan fingerprint density at radius 2 is 1.41 bits per heavy atom. The minimum atomic E-state index is -5.57. The molecule has 1 N–H and O–H groups in total. The molecule has 0 unspecified atom stereocenters. The van der Waals surface area contributed by atoms with Crippen LogP contribution in [-0.4, -0.2) is 23.1 Å². The maximum absolute atomic E-state index is 11.8. The summed E-state index contributed by atoms with van der Waals surface area (Å²) >= 11 is 0. The normalized spacial score (nSPS) is 13.6. The van der Waals surface area contributed by atoms with Crippen LogP contribution in [0.2, 0.25) is 0 Å². The van der Waals surface area contributed by atoms with E-state index in [1.54, 1.807) is 0 Å². The van der Waals surface area contributed by atoms with Crippen LogP contribution < -0.4 is 4.72 Å². The summed E-state index contributed by atoms with van der Waals surface area (Å²) < 4.78 is 80.5. The molecule has 10 heteroatoms. The summed E-state index contributed by atoms with van der Waals surface area (Å²) in [5.41, 5.74) is 0. The van der Waals surface area contributed by atoms with Gasteiger partial charge in [-0.05, 0) is 12.1 Å². The Labute approximate surface area is 94.6 Å². The number of rotatable bonds is 3. The molecule has 0 saturated heterocycles. The van der Waals surface area contributed by atoms with Gasteiger partial charge in [0, 0.05) is 0 Å². The Morgan fingerprint density at radius 3 is 1.82 bits per heavy atom. The predicted molar refractivity (Wildman–Crippen MR) is 51.7 cm³/mol. The fourth-order valence-electron chi connectivity index (χ4n) is 0.910. The minimum absolute atomic E-state index is 0.118. The zero-order valence-corrected chi connectivity index (χ0v) is 9.60. The SMILES string of the molecule is O=S(=O)(NC(F)(F)F)S(=O)(=O)c1ccccc1. The lowest BCUT2D eigenvalue weighted by molar-refractivity contribution is -0.137. The summed E-state index contributed by atoms with van der Waals surface area (Å²) in [6, 6.07) is 5.53. The van der Waals surface area contributed by atoms with Gasteiger partial charge in [-0.25, -0.2) is 8.42 Å². The summed E-state index contributed by atoms with van der Waals surface area (Å²) in [5, 5.41) is 0. The first kappa shape index (κ1) is 13.9. The van der Waals surface area contributed by atoms with Crippen molar-refractivity contribution in [1.29, 1.82) is 0 Å². The molecule has 0 fully saturated rings. The Balaban J connectivity index is 3.26. The highest BCUT2D eigenvalue weighted by molar-refractivity contribution is 8.66. The molecule has 0 heterocycles. The topological polar surface area (TPSA) is 80.3 Å². The number of nitrogens with one attached hydrogen (secondary N) is 1. The van der Waals surface area contributed by atoms with Crippen LogP contribution in [0.3, 0.4) is 0 Å². The largest absolute Gasteiger partial charge is 0.471 e. The molecule has 0 aliphatic heterocycles. The van der Waals surface area contributed by atoms with E-state index in [1.165, 1.54) is 18.2 Å². The van der Waals surface area contributed by atoms with Crippen LogP contribution in [0.1, 0.15) is 0 Å². The van der Waals surface area contributed by atoms with Crippen molar-refractivity contribution in [3.8, 4) is 0 Å². The lowest BCUT2D eigenvalue weighted by atomic mass is 10.4. The van der Waals surface area contributed by atoms with Gasteiger partial charge in [0.15, 0.2) is 0 Å². The van der Waals surface area contributed by atoms with Gasteiger partial charge in [-0.1, -0.05) is 18.2 Å². The molecule has 1 aromatic carbocycles. The molecule has 0 aromatic heterocycles.